The summed E-state index contributed by atoms with van der Waals surface area (Å²) in [7, 11) is 2.19. The first-order valence-corrected chi connectivity index (χ1v) is 6.98. The lowest BCUT2D eigenvalue weighted by molar-refractivity contribution is -0.121. The highest BCUT2D eigenvalue weighted by molar-refractivity contribution is 5.79. The zero-order valence-corrected chi connectivity index (χ0v) is 11.3. The molecule has 0 bridgehead atoms. The molecule has 0 N–H and O–H groups in total. The van der Waals surface area contributed by atoms with E-state index in [1.54, 1.807) is 0 Å². The number of hydrogen-bond acceptors (Lipinski definition) is 2. The van der Waals surface area contributed by atoms with E-state index in [9.17, 15) is 4.79 Å². The summed E-state index contributed by atoms with van der Waals surface area (Å²) in [5.41, 5.74) is 1.41. The second kappa shape index (κ2) is 6.69. The van der Waals surface area contributed by atoms with Crippen molar-refractivity contribution in [2.75, 3.05) is 20.1 Å². The highest BCUT2D eigenvalue weighted by Crippen LogP contribution is 2.22. The van der Waals surface area contributed by atoms with E-state index in [2.05, 4.69) is 42.3 Å². The number of hydrogen-bond donors (Lipinski definition) is 0. The Labute approximate surface area is 110 Å². The van der Waals surface area contributed by atoms with Crippen molar-refractivity contribution in [3.8, 4) is 0 Å². The molecule has 0 unspecified atom stereocenters. The lowest BCUT2D eigenvalue weighted by atomic mass is 9.88. The summed E-state index contributed by atoms with van der Waals surface area (Å²) in [6, 6.07) is 10.6. The number of ketones is 1. The summed E-state index contributed by atoms with van der Waals surface area (Å²) < 4.78 is 0. The molecule has 0 radical (unpaired) electrons. The topological polar surface area (TPSA) is 20.3 Å². The van der Waals surface area contributed by atoms with E-state index in [-0.39, 0.29) is 0 Å². The molecule has 2 heteroatoms. The van der Waals surface area contributed by atoms with Crippen molar-refractivity contribution in [1.29, 1.82) is 0 Å². The van der Waals surface area contributed by atoms with Crippen molar-refractivity contribution in [2.45, 2.75) is 32.1 Å². The molecule has 2 rings (SSSR count). The van der Waals surface area contributed by atoms with Gasteiger partial charge >= 0.3 is 0 Å². The van der Waals surface area contributed by atoms with E-state index in [1.165, 1.54) is 5.56 Å². The van der Waals surface area contributed by atoms with Crippen molar-refractivity contribution >= 4 is 5.78 Å². The average molecular weight is 245 g/mol. The molecular formula is C16H23NO. The van der Waals surface area contributed by atoms with Crippen LogP contribution in [-0.2, 0) is 11.2 Å². The van der Waals surface area contributed by atoms with Gasteiger partial charge in [0.25, 0.3) is 0 Å². The van der Waals surface area contributed by atoms with Crippen LogP contribution < -0.4 is 0 Å². The quantitative estimate of drug-likeness (QED) is 0.795. The van der Waals surface area contributed by atoms with Crippen molar-refractivity contribution in [3.63, 3.8) is 0 Å². The average Bonchev–Trinajstić information content (AvgIpc) is 2.40. The molecule has 18 heavy (non-hydrogen) atoms. The summed E-state index contributed by atoms with van der Waals surface area (Å²) in [6.07, 6.45) is 4.90. The number of carbonyl (C=O) groups excluding carboxylic acids is 1. The van der Waals surface area contributed by atoms with Gasteiger partial charge in [0, 0.05) is 25.9 Å². The fourth-order valence-corrected chi connectivity index (χ4v) is 2.68. The largest absolute Gasteiger partial charge is 0.306 e. The highest BCUT2D eigenvalue weighted by Gasteiger charge is 2.19. The van der Waals surface area contributed by atoms with Gasteiger partial charge in [-0.1, -0.05) is 30.3 Å². The standard InChI is InChI=1S/C16H23NO/c1-17(12-11-14-5-3-2-4-6-14)13-15-7-9-16(18)10-8-15/h2-6,15H,7-13H2,1H3. The van der Waals surface area contributed by atoms with Gasteiger partial charge in [0.05, 0.1) is 0 Å². The van der Waals surface area contributed by atoms with Gasteiger partial charge in [0.1, 0.15) is 5.78 Å². The maximum atomic E-state index is 11.2. The molecule has 1 aromatic carbocycles. The van der Waals surface area contributed by atoms with E-state index >= 15 is 0 Å². The Morgan fingerprint density at radius 1 is 1.17 bits per heavy atom. The zero-order valence-electron chi connectivity index (χ0n) is 11.3. The van der Waals surface area contributed by atoms with Crippen molar-refractivity contribution in [2.24, 2.45) is 5.92 Å². The number of Topliss-reactive ketones (excluding diaryl/α,β-unsaturated/α-hetero) is 1. The molecule has 1 saturated carbocycles. The molecule has 98 valence electrons. The lowest BCUT2D eigenvalue weighted by Gasteiger charge is -2.26. The lowest BCUT2D eigenvalue weighted by Crippen LogP contribution is -2.30. The van der Waals surface area contributed by atoms with Gasteiger partial charge in [-0.25, -0.2) is 0 Å². The second-order valence-corrected chi connectivity index (χ2v) is 5.48. The molecule has 0 atom stereocenters. The SMILES string of the molecule is CN(CCc1ccccc1)CC1CCC(=O)CC1. The summed E-state index contributed by atoms with van der Waals surface area (Å²) in [5.74, 6) is 1.18. The van der Waals surface area contributed by atoms with Crippen LogP contribution in [0.4, 0.5) is 0 Å². The predicted octanol–water partition coefficient (Wildman–Crippen LogP) is 2.92. The van der Waals surface area contributed by atoms with Gasteiger partial charge in [0.2, 0.25) is 0 Å². The maximum absolute atomic E-state index is 11.2. The third kappa shape index (κ3) is 4.26. The Hall–Kier alpha value is -1.15. The van der Waals surface area contributed by atoms with Crippen molar-refractivity contribution < 1.29 is 4.79 Å². The fraction of sp³-hybridized carbons (Fsp3) is 0.562. The summed E-state index contributed by atoms with van der Waals surface area (Å²) in [5, 5.41) is 0. The molecule has 1 aromatic rings. The molecule has 1 aliphatic carbocycles. The Kier molecular flexibility index (Phi) is 4.94. The van der Waals surface area contributed by atoms with E-state index in [0.29, 0.717) is 5.78 Å². The van der Waals surface area contributed by atoms with Gasteiger partial charge in [0.15, 0.2) is 0 Å². The molecule has 1 fully saturated rings. The van der Waals surface area contributed by atoms with Gasteiger partial charge < -0.3 is 4.90 Å². The number of rotatable bonds is 5. The van der Waals surface area contributed by atoms with E-state index in [0.717, 1.165) is 51.1 Å². The number of benzene rings is 1. The maximum Gasteiger partial charge on any atom is 0.132 e. The van der Waals surface area contributed by atoms with Crippen LogP contribution in [0.3, 0.4) is 0 Å². The molecule has 1 aliphatic rings. The smallest absolute Gasteiger partial charge is 0.132 e. The van der Waals surface area contributed by atoms with E-state index in [1.807, 2.05) is 0 Å². The van der Waals surface area contributed by atoms with Gasteiger partial charge in [-0.3, -0.25) is 4.79 Å². The minimum Gasteiger partial charge on any atom is -0.306 e. The Bertz CT molecular complexity index is 364. The molecule has 0 heterocycles. The first-order chi connectivity index (χ1) is 8.74. The van der Waals surface area contributed by atoms with Crippen molar-refractivity contribution in [3.05, 3.63) is 35.9 Å². The summed E-state index contributed by atoms with van der Waals surface area (Å²) >= 11 is 0. The predicted molar refractivity (Wildman–Crippen MR) is 74.6 cm³/mol. The first kappa shape index (κ1) is 13.3. The van der Waals surface area contributed by atoms with Gasteiger partial charge in [-0.2, -0.15) is 0 Å². The van der Waals surface area contributed by atoms with Crippen LogP contribution in [0.1, 0.15) is 31.2 Å². The molecule has 0 saturated heterocycles. The van der Waals surface area contributed by atoms with Crippen LogP contribution >= 0.6 is 0 Å². The normalized spacial score (nSPS) is 17.3. The van der Waals surface area contributed by atoms with Gasteiger partial charge in [-0.15, -0.1) is 0 Å². The zero-order chi connectivity index (χ0) is 12.8. The van der Waals surface area contributed by atoms with Crippen LogP contribution in [0.2, 0.25) is 0 Å². The minimum atomic E-state index is 0.457. The number of nitrogens with zero attached hydrogens (tertiary/aromatic N) is 1. The Morgan fingerprint density at radius 2 is 1.83 bits per heavy atom. The van der Waals surface area contributed by atoms with Crippen LogP contribution in [0, 0.1) is 5.92 Å². The highest BCUT2D eigenvalue weighted by atomic mass is 16.1. The summed E-state index contributed by atoms with van der Waals surface area (Å²) in [4.78, 5) is 13.6. The summed E-state index contributed by atoms with van der Waals surface area (Å²) in [6.45, 7) is 2.24. The molecule has 2 nitrogen and oxygen atoms in total. The second-order valence-electron chi connectivity index (χ2n) is 5.48. The van der Waals surface area contributed by atoms with Crippen LogP contribution in [0.25, 0.3) is 0 Å². The van der Waals surface area contributed by atoms with Crippen LogP contribution in [0.15, 0.2) is 30.3 Å². The first-order valence-electron chi connectivity index (χ1n) is 6.98. The monoisotopic (exact) mass is 245 g/mol. The van der Waals surface area contributed by atoms with Crippen LogP contribution in [-0.4, -0.2) is 30.8 Å². The van der Waals surface area contributed by atoms with Crippen LogP contribution in [0.5, 0.6) is 0 Å². The van der Waals surface area contributed by atoms with E-state index in [4.69, 9.17) is 0 Å². The minimum absolute atomic E-state index is 0.457. The molecule has 0 spiro atoms. The number of carbonyl (C=O) groups is 1. The molecule has 0 aromatic heterocycles. The van der Waals surface area contributed by atoms with Crippen molar-refractivity contribution in [1.82, 2.24) is 4.90 Å². The Balaban J connectivity index is 1.69. The Morgan fingerprint density at radius 3 is 2.50 bits per heavy atom. The molecule has 0 aliphatic heterocycles. The third-order valence-electron chi connectivity index (χ3n) is 3.86. The molecule has 0 amide bonds. The van der Waals surface area contributed by atoms with E-state index < -0.39 is 0 Å². The molecular weight excluding hydrogens is 222 g/mol. The van der Waals surface area contributed by atoms with Gasteiger partial charge in [-0.05, 0) is 37.8 Å². The third-order valence-corrected chi connectivity index (χ3v) is 3.86. The fourth-order valence-electron chi connectivity index (χ4n) is 2.68. The number of likely N-dealkylation sites (N-methyl/N-ethyl adjacent to an activating group) is 1.